The maximum Gasteiger partial charge on any atom is 0.287 e. The minimum atomic E-state index is -0.548. The zero-order chi connectivity index (χ0) is 15.4. The largest absolute Gasteiger partial charge is 0.459 e. The zero-order valence-electron chi connectivity index (χ0n) is 13.2. The van der Waals surface area contributed by atoms with Crippen LogP contribution in [-0.2, 0) is 4.79 Å². The SMILES string of the molecule is CC(C)C(NC(=O)c1ccco1)C(=O)N(C)C1CCNC1.Cl. The highest BCUT2D eigenvalue weighted by Gasteiger charge is 2.32. The first-order chi connectivity index (χ1) is 10.0. The second kappa shape index (κ2) is 8.19. The van der Waals surface area contributed by atoms with E-state index >= 15 is 0 Å². The van der Waals surface area contributed by atoms with Gasteiger partial charge < -0.3 is 20.0 Å². The van der Waals surface area contributed by atoms with Gasteiger partial charge in [0.15, 0.2) is 5.76 Å². The molecule has 0 aromatic carbocycles. The third-order valence-electron chi connectivity index (χ3n) is 3.89. The van der Waals surface area contributed by atoms with Crippen LogP contribution in [0.2, 0.25) is 0 Å². The molecule has 2 unspecified atom stereocenters. The molecule has 7 heteroatoms. The van der Waals surface area contributed by atoms with Crippen LogP contribution in [0.1, 0.15) is 30.8 Å². The molecule has 22 heavy (non-hydrogen) atoms. The first-order valence-corrected chi connectivity index (χ1v) is 7.32. The van der Waals surface area contributed by atoms with E-state index in [1.54, 1.807) is 24.1 Å². The maximum atomic E-state index is 12.6. The van der Waals surface area contributed by atoms with Crippen LogP contribution in [0.5, 0.6) is 0 Å². The van der Waals surface area contributed by atoms with E-state index in [0.29, 0.717) is 0 Å². The molecule has 0 spiro atoms. The Labute approximate surface area is 137 Å². The highest BCUT2D eigenvalue weighted by Crippen LogP contribution is 2.13. The Bertz CT molecular complexity index is 484. The molecule has 124 valence electrons. The van der Waals surface area contributed by atoms with Crippen molar-refractivity contribution in [2.45, 2.75) is 32.4 Å². The van der Waals surface area contributed by atoms with Crippen LogP contribution in [0.25, 0.3) is 0 Å². The summed E-state index contributed by atoms with van der Waals surface area (Å²) < 4.78 is 5.07. The lowest BCUT2D eigenvalue weighted by molar-refractivity contribution is -0.134. The maximum absolute atomic E-state index is 12.6. The van der Waals surface area contributed by atoms with E-state index in [2.05, 4.69) is 10.6 Å². The molecule has 1 fully saturated rings. The second-order valence-corrected chi connectivity index (χ2v) is 5.77. The topological polar surface area (TPSA) is 74.6 Å². The lowest BCUT2D eigenvalue weighted by atomic mass is 10.0. The molecule has 0 bridgehead atoms. The van der Waals surface area contributed by atoms with Crippen molar-refractivity contribution in [2.75, 3.05) is 20.1 Å². The van der Waals surface area contributed by atoms with Crippen LogP contribution < -0.4 is 10.6 Å². The van der Waals surface area contributed by atoms with E-state index in [0.717, 1.165) is 19.5 Å². The van der Waals surface area contributed by atoms with Crippen molar-refractivity contribution in [1.82, 2.24) is 15.5 Å². The van der Waals surface area contributed by atoms with Gasteiger partial charge in [-0.3, -0.25) is 9.59 Å². The number of hydrogen-bond donors (Lipinski definition) is 2. The number of rotatable bonds is 5. The first kappa shape index (κ1) is 18.5. The van der Waals surface area contributed by atoms with Gasteiger partial charge in [-0.2, -0.15) is 0 Å². The van der Waals surface area contributed by atoms with Gasteiger partial charge in [0.2, 0.25) is 5.91 Å². The van der Waals surface area contributed by atoms with Crippen molar-refractivity contribution < 1.29 is 14.0 Å². The Kier molecular flexibility index (Phi) is 6.90. The molecule has 2 rings (SSSR count). The molecule has 2 amide bonds. The number of carbonyl (C=O) groups excluding carboxylic acids is 2. The van der Waals surface area contributed by atoms with Crippen LogP contribution in [-0.4, -0.2) is 48.9 Å². The van der Waals surface area contributed by atoms with E-state index in [-0.39, 0.29) is 41.9 Å². The number of nitrogens with zero attached hydrogens (tertiary/aromatic N) is 1. The van der Waals surface area contributed by atoms with E-state index in [1.165, 1.54) is 6.26 Å². The third kappa shape index (κ3) is 4.24. The average molecular weight is 330 g/mol. The molecule has 0 radical (unpaired) electrons. The van der Waals surface area contributed by atoms with Gasteiger partial charge in [0, 0.05) is 19.6 Å². The van der Waals surface area contributed by atoms with E-state index < -0.39 is 6.04 Å². The van der Waals surface area contributed by atoms with Crippen molar-refractivity contribution in [1.29, 1.82) is 0 Å². The lowest BCUT2D eigenvalue weighted by Crippen LogP contribution is -2.53. The smallest absolute Gasteiger partial charge is 0.287 e. The number of hydrogen-bond acceptors (Lipinski definition) is 4. The van der Waals surface area contributed by atoms with Crippen LogP contribution in [0.15, 0.2) is 22.8 Å². The Morgan fingerprint density at radius 1 is 1.45 bits per heavy atom. The fraction of sp³-hybridized carbons (Fsp3) is 0.600. The molecular formula is C15H24ClN3O3. The van der Waals surface area contributed by atoms with Crippen molar-refractivity contribution in [2.24, 2.45) is 5.92 Å². The summed E-state index contributed by atoms with van der Waals surface area (Å²) in [5.41, 5.74) is 0. The first-order valence-electron chi connectivity index (χ1n) is 7.32. The summed E-state index contributed by atoms with van der Waals surface area (Å²) in [7, 11) is 1.80. The minimum absolute atomic E-state index is 0. The Hall–Kier alpha value is -1.53. The van der Waals surface area contributed by atoms with Gasteiger partial charge in [-0.25, -0.2) is 0 Å². The fourth-order valence-electron chi connectivity index (χ4n) is 2.50. The van der Waals surface area contributed by atoms with Gasteiger partial charge >= 0.3 is 0 Å². The highest BCUT2D eigenvalue weighted by molar-refractivity contribution is 5.95. The van der Waals surface area contributed by atoms with Gasteiger partial charge in [0.25, 0.3) is 5.91 Å². The standard InChI is InChI=1S/C15H23N3O3.ClH/c1-10(2)13(17-14(19)12-5-4-8-21-12)15(20)18(3)11-6-7-16-9-11;/h4-5,8,10-11,13,16H,6-7,9H2,1-3H3,(H,17,19);1H. The van der Waals surface area contributed by atoms with Gasteiger partial charge in [-0.15, -0.1) is 12.4 Å². The number of amides is 2. The van der Waals surface area contributed by atoms with E-state index in [1.807, 2.05) is 13.8 Å². The molecule has 1 aromatic heterocycles. The normalized spacial score (nSPS) is 18.6. The molecule has 0 saturated carbocycles. The van der Waals surface area contributed by atoms with Crippen LogP contribution in [0.4, 0.5) is 0 Å². The number of furan rings is 1. The van der Waals surface area contributed by atoms with Crippen molar-refractivity contribution in [3.8, 4) is 0 Å². The summed E-state index contributed by atoms with van der Waals surface area (Å²) in [5, 5.41) is 6.02. The lowest BCUT2D eigenvalue weighted by Gasteiger charge is -2.30. The summed E-state index contributed by atoms with van der Waals surface area (Å²) in [5.74, 6) is -0.185. The number of halogens is 1. The van der Waals surface area contributed by atoms with Crippen molar-refractivity contribution in [3.63, 3.8) is 0 Å². The quantitative estimate of drug-likeness (QED) is 0.853. The predicted octanol–water partition coefficient (Wildman–Crippen LogP) is 1.28. The van der Waals surface area contributed by atoms with Gasteiger partial charge in [-0.05, 0) is 31.0 Å². The van der Waals surface area contributed by atoms with E-state index in [4.69, 9.17) is 4.42 Å². The number of likely N-dealkylation sites (N-methyl/N-ethyl adjacent to an activating group) is 1. The molecule has 1 saturated heterocycles. The van der Waals surface area contributed by atoms with Gasteiger partial charge in [-0.1, -0.05) is 13.8 Å². The van der Waals surface area contributed by atoms with E-state index in [9.17, 15) is 9.59 Å². The average Bonchev–Trinajstić information content (AvgIpc) is 3.14. The third-order valence-corrected chi connectivity index (χ3v) is 3.89. The summed E-state index contributed by atoms with van der Waals surface area (Å²) >= 11 is 0. The minimum Gasteiger partial charge on any atom is -0.459 e. The number of nitrogens with one attached hydrogen (secondary N) is 2. The second-order valence-electron chi connectivity index (χ2n) is 5.77. The van der Waals surface area contributed by atoms with Crippen LogP contribution in [0.3, 0.4) is 0 Å². The summed E-state index contributed by atoms with van der Waals surface area (Å²) in [6.45, 7) is 5.57. The monoisotopic (exact) mass is 329 g/mol. The molecule has 2 N–H and O–H groups in total. The molecule has 2 heterocycles. The van der Waals surface area contributed by atoms with Crippen molar-refractivity contribution in [3.05, 3.63) is 24.2 Å². The van der Waals surface area contributed by atoms with Crippen LogP contribution >= 0.6 is 12.4 Å². The van der Waals surface area contributed by atoms with Gasteiger partial charge in [0.05, 0.1) is 6.26 Å². The zero-order valence-corrected chi connectivity index (χ0v) is 14.0. The molecule has 1 aliphatic heterocycles. The summed E-state index contributed by atoms with van der Waals surface area (Å²) in [6.07, 6.45) is 2.39. The molecule has 1 aliphatic rings. The molecule has 1 aromatic rings. The Morgan fingerprint density at radius 2 is 2.18 bits per heavy atom. The molecule has 0 aliphatic carbocycles. The predicted molar refractivity (Wildman–Crippen MR) is 86.1 cm³/mol. The Balaban J connectivity index is 0.00000242. The fourth-order valence-corrected chi connectivity index (χ4v) is 2.50. The van der Waals surface area contributed by atoms with Crippen LogP contribution in [0, 0.1) is 5.92 Å². The van der Waals surface area contributed by atoms with Gasteiger partial charge in [0.1, 0.15) is 6.04 Å². The molecular weight excluding hydrogens is 306 g/mol. The Morgan fingerprint density at radius 3 is 2.68 bits per heavy atom. The van der Waals surface area contributed by atoms with Crippen molar-refractivity contribution >= 4 is 24.2 Å². The molecule has 2 atom stereocenters. The summed E-state index contributed by atoms with van der Waals surface area (Å²) in [6, 6.07) is 2.88. The summed E-state index contributed by atoms with van der Waals surface area (Å²) in [4.78, 5) is 26.5. The molecule has 6 nitrogen and oxygen atoms in total. The number of carbonyl (C=O) groups is 2. The highest BCUT2D eigenvalue weighted by atomic mass is 35.5.